The second-order valence-electron chi connectivity index (χ2n) is 8.08. The SMILES string of the molecule is COc1cc(OC)cc(C(=O)Nc2ccc3c(c2)N(CCCc2ccccc2)C(=O)C(C)O3)c1. The van der Waals surface area contributed by atoms with Gasteiger partial charge in [-0.3, -0.25) is 9.59 Å². The van der Waals surface area contributed by atoms with Crippen LogP contribution in [0.5, 0.6) is 17.2 Å². The van der Waals surface area contributed by atoms with E-state index in [9.17, 15) is 9.59 Å². The third-order valence-electron chi connectivity index (χ3n) is 5.73. The van der Waals surface area contributed by atoms with E-state index >= 15 is 0 Å². The summed E-state index contributed by atoms with van der Waals surface area (Å²) < 4.78 is 16.3. The van der Waals surface area contributed by atoms with E-state index in [4.69, 9.17) is 14.2 Å². The molecule has 1 unspecified atom stereocenters. The summed E-state index contributed by atoms with van der Waals surface area (Å²) >= 11 is 0. The molecular formula is C27H28N2O5. The second kappa shape index (κ2) is 10.3. The Bertz CT molecular complexity index is 1160. The highest BCUT2D eigenvalue weighted by Gasteiger charge is 2.31. The minimum absolute atomic E-state index is 0.0958. The minimum Gasteiger partial charge on any atom is -0.497 e. The Morgan fingerprint density at radius 2 is 1.71 bits per heavy atom. The van der Waals surface area contributed by atoms with Gasteiger partial charge in [-0.15, -0.1) is 0 Å². The zero-order valence-corrected chi connectivity index (χ0v) is 19.5. The van der Waals surface area contributed by atoms with E-state index < -0.39 is 6.10 Å². The maximum Gasteiger partial charge on any atom is 0.267 e. The van der Waals surface area contributed by atoms with Gasteiger partial charge >= 0.3 is 0 Å². The summed E-state index contributed by atoms with van der Waals surface area (Å²) in [4.78, 5) is 27.6. The van der Waals surface area contributed by atoms with Crippen molar-refractivity contribution in [1.82, 2.24) is 0 Å². The predicted molar refractivity (Wildman–Crippen MR) is 131 cm³/mol. The molecule has 1 aliphatic heterocycles. The molecule has 0 aromatic heterocycles. The minimum atomic E-state index is -0.561. The Hall–Kier alpha value is -4.00. The zero-order valence-electron chi connectivity index (χ0n) is 19.5. The Balaban J connectivity index is 1.53. The summed E-state index contributed by atoms with van der Waals surface area (Å²) in [6, 6.07) is 20.5. The summed E-state index contributed by atoms with van der Waals surface area (Å²) in [6.45, 7) is 2.31. The van der Waals surface area contributed by atoms with Crippen molar-refractivity contribution < 1.29 is 23.8 Å². The third kappa shape index (κ3) is 5.14. The number of hydrogen-bond acceptors (Lipinski definition) is 5. The fourth-order valence-corrected chi connectivity index (χ4v) is 3.94. The fraction of sp³-hybridized carbons (Fsp3) is 0.259. The first-order valence-corrected chi connectivity index (χ1v) is 11.2. The molecule has 0 bridgehead atoms. The number of amides is 2. The van der Waals surface area contributed by atoms with Crippen LogP contribution in [0.3, 0.4) is 0 Å². The second-order valence-corrected chi connectivity index (χ2v) is 8.08. The summed E-state index contributed by atoms with van der Waals surface area (Å²) in [5.41, 5.74) is 2.84. The van der Waals surface area contributed by atoms with E-state index in [2.05, 4.69) is 17.4 Å². The molecule has 1 atom stereocenters. The number of rotatable bonds is 8. The molecule has 1 aliphatic rings. The molecule has 34 heavy (non-hydrogen) atoms. The lowest BCUT2D eigenvalue weighted by Gasteiger charge is -2.33. The molecule has 0 spiro atoms. The number of aryl methyl sites for hydroxylation is 1. The number of carbonyl (C=O) groups is 2. The number of hydrogen-bond donors (Lipinski definition) is 1. The number of nitrogens with zero attached hydrogens (tertiary/aromatic N) is 1. The van der Waals surface area contributed by atoms with E-state index in [0.717, 1.165) is 12.8 Å². The van der Waals surface area contributed by atoms with Crippen molar-refractivity contribution in [3.8, 4) is 17.2 Å². The van der Waals surface area contributed by atoms with Gasteiger partial charge in [-0.25, -0.2) is 0 Å². The molecule has 0 radical (unpaired) electrons. The van der Waals surface area contributed by atoms with E-state index in [1.807, 2.05) is 18.2 Å². The number of nitrogens with one attached hydrogen (secondary N) is 1. The highest BCUT2D eigenvalue weighted by Crippen LogP contribution is 2.37. The number of benzene rings is 3. The Labute approximate surface area is 199 Å². The quantitative estimate of drug-likeness (QED) is 0.527. The molecule has 0 aliphatic carbocycles. The van der Waals surface area contributed by atoms with Crippen molar-refractivity contribution in [3.63, 3.8) is 0 Å². The van der Waals surface area contributed by atoms with Gasteiger partial charge in [-0.05, 0) is 55.7 Å². The molecule has 0 fully saturated rings. The van der Waals surface area contributed by atoms with Crippen molar-refractivity contribution >= 4 is 23.2 Å². The number of fused-ring (bicyclic) bond motifs is 1. The first-order chi connectivity index (χ1) is 16.5. The van der Waals surface area contributed by atoms with Crippen LogP contribution >= 0.6 is 0 Å². The van der Waals surface area contributed by atoms with Crippen LogP contribution in [0.4, 0.5) is 11.4 Å². The van der Waals surface area contributed by atoms with E-state index in [-0.39, 0.29) is 11.8 Å². The van der Waals surface area contributed by atoms with Gasteiger partial charge in [0.1, 0.15) is 17.2 Å². The van der Waals surface area contributed by atoms with E-state index in [1.165, 1.54) is 19.8 Å². The van der Waals surface area contributed by atoms with Crippen LogP contribution in [-0.4, -0.2) is 38.7 Å². The number of ether oxygens (including phenoxy) is 3. The molecule has 0 saturated carbocycles. The van der Waals surface area contributed by atoms with Gasteiger partial charge in [0.05, 0.1) is 19.9 Å². The number of anilines is 2. The van der Waals surface area contributed by atoms with Gasteiger partial charge in [0.25, 0.3) is 11.8 Å². The van der Waals surface area contributed by atoms with Crippen LogP contribution in [0.15, 0.2) is 66.7 Å². The molecule has 2 amide bonds. The lowest BCUT2D eigenvalue weighted by molar-refractivity contribution is -0.125. The Kier molecular flexibility index (Phi) is 7.01. The molecule has 7 nitrogen and oxygen atoms in total. The van der Waals surface area contributed by atoms with Gasteiger partial charge in [0.2, 0.25) is 0 Å². The standard InChI is InChI=1S/C27H28N2O5/c1-18-27(31)29(13-7-10-19-8-5-4-6-9-19)24-16-21(11-12-25(24)34-18)28-26(30)20-14-22(32-2)17-23(15-20)33-3/h4-6,8-9,11-12,14-18H,7,10,13H2,1-3H3,(H,28,30). The maximum absolute atomic E-state index is 12.9. The van der Waals surface area contributed by atoms with Crippen molar-refractivity contribution in [2.45, 2.75) is 25.9 Å². The Morgan fingerprint density at radius 3 is 2.38 bits per heavy atom. The molecule has 3 aromatic carbocycles. The van der Waals surface area contributed by atoms with Crippen LogP contribution in [0.25, 0.3) is 0 Å². The van der Waals surface area contributed by atoms with Gasteiger partial charge in [0, 0.05) is 23.9 Å². The molecule has 3 aromatic rings. The predicted octanol–water partition coefficient (Wildman–Crippen LogP) is 4.70. The van der Waals surface area contributed by atoms with E-state index in [0.29, 0.717) is 40.7 Å². The number of carbonyl (C=O) groups excluding carboxylic acids is 2. The van der Waals surface area contributed by atoms with Crippen molar-refractivity contribution in [2.75, 3.05) is 31.0 Å². The summed E-state index contributed by atoms with van der Waals surface area (Å²) in [7, 11) is 3.06. The molecule has 4 rings (SSSR count). The highest BCUT2D eigenvalue weighted by atomic mass is 16.5. The van der Waals surface area contributed by atoms with Crippen LogP contribution in [0.1, 0.15) is 29.3 Å². The molecule has 7 heteroatoms. The largest absolute Gasteiger partial charge is 0.497 e. The van der Waals surface area contributed by atoms with Crippen molar-refractivity contribution in [1.29, 1.82) is 0 Å². The fourth-order valence-electron chi connectivity index (χ4n) is 3.94. The van der Waals surface area contributed by atoms with Gasteiger partial charge in [-0.2, -0.15) is 0 Å². The van der Waals surface area contributed by atoms with Crippen LogP contribution in [-0.2, 0) is 11.2 Å². The molecule has 176 valence electrons. The highest BCUT2D eigenvalue weighted by molar-refractivity contribution is 6.06. The Morgan fingerprint density at radius 1 is 1.00 bits per heavy atom. The summed E-state index contributed by atoms with van der Waals surface area (Å²) in [6.07, 6.45) is 1.11. The van der Waals surface area contributed by atoms with Gasteiger partial charge in [-0.1, -0.05) is 30.3 Å². The van der Waals surface area contributed by atoms with Gasteiger partial charge in [0.15, 0.2) is 6.10 Å². The molecule has 0 saturated heterocycles. The smallest absolute Gasteiger partial charge is 0.267 e. The van der Waals surface area contributed by atoms with E-state index in [1.54, 1.807) is 48.2 Å². The van der Waals surface area contributed by atoms with Crippen molar-refractivity contribution in [2.24, 2.45) is 0 Å². The zero-order chi connectivity index (χ0) is 24.1. The van der Waals surface area contributed by atoms with Gasteiger partial charge < -0.3 is 24.4 Å². The maximum atomic E-state index is 12.9. The van der Waals surface area contributed by atoms with Crippen LogP contribution < -0.4 is 24.4 Å². The average molecular weight is 461 g/mol. The average Bonchev–Trinajstić information content (AvgIpc) is 2.86. The third-order valence-corrected chi connectivity index (χ3v) is 5.73. The van der Waals surface area contributed by atoms with Crippen LogP contribution in [0, 0.1) is 0 Å². The first-order valence-electron chi connectivity index (χ1n) is 11.2. The molecular weight excluding hydrogens is 432 g/mol. The lowest BCUT2D eigenvalue weighted by Crippen LogP contribution is -2.45. The first kappa shape index (κ1) is 23.2. The summed E-state index contributed by atoms with van der Waals surface area (Å²) in [5.74, 6) is 1.25. The lowest BCUT2D eigenvalue weighted by atomic mass is 10.1. The molecule has 1 heterocycles. The molecule has 1 N–H and O–H groups in total. The number of methoxy groups -OCH3 is 2. The topological polar surface area (TPSA) is 77.1 Å². The summed E-state index contributed by atoms with van der Waals surface area (Å²) in [5, 5.41) is 2.90. The monoisotopic (exact) mass is 460 g/mol. The van der Waals surface area contributed by atoms with Crippen molar-refractivity contribution in [3.05, 3.63) is 77.9 Å². The van der Waals surface area contributed by atoms with Crippen LogP contribution in [0.2, 0.25) is 0 Å². The normalized spacial score (nSPS) is 14.7.